The number of rotatable bonds is 3. The summed E-state index contributed by atoms with van der Waals surface area (Å²) in [7, 11) is 0. The predicted octanol–water partition coefficient (Wildman–Crippen LogP) is 0.940. The maximum absolute atomic E-state index is 5.82. The summed E-state index contributed by atoms with van der Waals surface area (Å²) in [5.41, 5.74) is 6.13. The number of hydrogen-bond donors (Lipinski definition) is 1. The van der Waals surface area contributed by atoms with Crippen molar-refractivity contribution in [3.8, 4) is 0 Å². The average Bonchev–Trinajstić information content (AvgIpc) is 2.14. The van der Waals surface area contributed by atoms with Gasteiger partial charge in [0.25, 0.3) is 0 Å². The minimum absolute atomic E-state index is 0.313. The van der Waals surface area contributed by atoms with Gasteiger partial charge in [0.15, 0.2) is 0 Å². The zero-order chi connectivity index (χ0) is 10.6. The molecule has 0 aromatic rings. The average molecular weight is 200 g/mol. The van der Waals surface area contributed by atoms with Gasteiger partial charge in [-0.1, -0.05) is 20.8 Å². The first kappa shape index (κ1) is 12.0. The van der Waals surface area contributed by atoms with Crippen LogP contribution in [-0.4, -0.2) is 44.3 Å². The first-order valence-corrected chi connectivity index (χ1v) is 5.54. The second-order valence-corrected chi connectivity index (χ2v) is 5.21. The van der Waals surface area contributed by atoms with Crippen molar-refractivity contribution < 1.29 is 4.74 Å². The quantitative estimate of drug-likeness (QED) is 0.737. The molecule has 0 bridgehead atoms. The van der Waals surface area contributed by atoms with Gasteiger partial charge < -0.3 is 10.5 Å². The molecule has 0 radical (unpaired) electrons. The van der Waals surface area contributed by atoms with Crippen LogP contribution in [0.25, 0.3) is 0 Å². The summed E-state index contributed by atoms with van der Waals surface area (Å²) in [6.07, 6.45) is 0. The molecule has 1 unspecified atom stereocenters. The van der Waals surface area contributed by atoms with E-state index in [1.54, 1.807) is 0 Å². The van der Waals surface area contributed by atoms with Crippen molar-refractivity contribution in [3.05, 3.63) is 0 Å². The lowest BCUT2D eigenvalue weighted by Gasteiger charge is -2.36. The SMILES string of the molecule is CC(C)(C)C(CN)CN1CCOCC1. The van der Waals surface area contributed by atoms with Crippen molar-refractivity contribution in [3.63, 3.8) is 0 Å². The molecule has 1 atom stereocenters. The lowest BCUT2D eigenvalue weighted by Crippen LogP contribution is -2.44. The Bertz CT molecular complexity index is 159. The van der Waals surface area contributed by atoms with E-state index in [4.69, 9.17) is 10.5 Å². The van der Waals surface area contributed by atoms with Crippen LogP contribution in [0.1, 0.15) is 20.8 Å². The summed E-state index contributed by atoms with van der Waals surface area (Å²) in [6, 6.07) is 0. The molecular weight excluding hydrogens is 176 g/mol. The molecule has 0 saturated carbocycles. The lowest BCUT2D eigenvalue weighted by atomic mass is 9.80. The Hall–Kier alpha value is -0.120. The fourth-order valence-corrected chi connectivity index (χ4v) is 1.80. The van der Waals surface area contributed by atoms with E-state index in [2.05, 4.69) is 25.7 Å². The third kappa shape index (κ3) is 3.56. The normalized spacial score (nSPS) is 22.3. The number of nitrogens with zero attached hydrogens (tertiary/aromatic N) is 1. The summed E-state index contributed by atoms with van der Waals surface area (Å²) < 4.78 is 5.33. The van der Waals surface area contributed by atoms with Crippen LogP contribution in [0.2, 0.25) is 0 Å². The first-order chi connectivity index (χ1) is 6.54. The van der Waals surface area contributed by atoms with Gasteiger partial charge in [-0.3, -0.25) is 4.90 Å². The van der Waals surface area contributed by atoms with Crippen LogP contribution in [0.15, 0.2) is 0 Å². The van der Waals surface area contributed by atoms with E-state index in [0.29, 0.717) is 11.3 Å². The largest absolute Gasteiger partial charge is 0.379 e. The molecule has 0 aliphatic carbocycles. The Balaban J connectivity index is 2.39. The van der Waals surface area contributed by atoms with Gasteiger partial charge in [-0.05, 0) is 17.9 Å². The number of hydrogen-bond acceptors (Lipinski definition) is 3. The third-order valence-corrected chi connectivity index (χ3v) is 3.09. The molecule has 0 aromatic carbocycles. The molecule has 84 valence electrons. The molecule has 0 aromatic heterocycles. The molecule has 3 nitrogen and oxygen atoms in total. The summed E-state index contributed by atoms with van der Waals surface area (Å²) in [4.78, 5) is 2.46. The summed E-state index contributed by atoms with van der Waals surface area (Å²) in [6.45, 7) is 12.6. The Kier molecular flexibility index (Phi) is 4.35. The molecule has 0 spiro atoms. The summed E-state index contributed by atoms with van der Waals surface area (Å²) in [5.74, 6) is 0.584. The molecule has 1 heterocycles. The van der Waals surface area contributed by atoms with Gasteiger partial charge in [0.1, 0.15) is 0 Å². The van der Waals surface area contributed by atoms with E-state index in [0.717, 1.165) is 39.4 Å². The van der Waals surface area contributed by atoms with Crippen LogP contribution >= 0.6 is 0 Å². The fourth-order valence-electron chi connectivity index (χ4n) is 1.80. The van der Waals surface area contributed by atoms with Gasteiger partial charge >= 0.3 is 0 Å². The highest BCUT2D eigenvalue weighted by molar-refractivity contribution is 4.78. The first-order valence-electron chi connectivity index (χ1n) is 5.54. The minimum Gasteiger partial charge on any atom is -0.379 e. The number of ether oxygens (including phenoxy) is 1. The van der Waals surface area contributed by atoms with Gasteiger partial charge in [0, 0.05) is 19.6 Å². The van der Waals surface area contributed by atoms with Crippen molar-refractivity contribution >= 4 is 0 Å². The Morgan fingerprint density at radius 2 is 1.86 bits per heavy atom. The number of morpholine rings is 1. The smallest absolute Gasteiger partial charge is 0.0594 e. The van der Waals surface area contributed by atoms with Gasteiger partial charge in [-0.2, -0.15) is 0 Å². The van der Waals surface area contributed by atoms with Gasteiger partial charge in [-0.25, -0.2) is 0 Å². The Morgan fingerprint density at radius 3 is 2.29 bits per heavy atom. The van der Waals surface area contributed by atoms with Crippen molar-refractivity contribution in [1.82, 2.24) is 4.90 Å². The van der Waals surface area contributed by atoms with Crippen LogP contribution < -0.4 is 5.73 Å². The van der Waals surface area contributed by atoms with E-state index in [1.807, 2.05) is 0 Å². The second-order valence-electron chi connectivity index (χ2n) is 5.21. The highest BCUT2D eigenvalue weighted by Gasteiger charge is 2.25. The standard InChI is InChI=1S/C11H24N2O/c1-11(2,3)10(8-12)9-13-4-6-14-7-5-13/h10H,4-9,12H2,1-3H3. The van der Waals surface area contributed by atoms with Crippen LogP contribution in [0.5, 0.6) is 0 Å². The van der Waals surface area contributed by atoms with Crippen LogP contribution in [0.3, 0.4) is 0 Å². The minimum atomic E-state index is 0.313. The molecule has 3 heteroatoms. The van der Waals surface area contributed by atoms with Gasteiger partial charge in [-0.15, -0.1) is 0 Å². The molecular formula is C11H24N2O. The maximum atomic E-state index is 5.82. The zero-order valence-corrected chi connectivity index (χ0v) is 9.75. The van der Waals surface area contributed by atoms with E-state index < -0.39 is 0 Å². The van der Waals surface area contributed by atoms with E-state index >= 15 is 0 Å². The van der Waals surface area contributed by atoms with E-state index in [9.17, 15) is 0 Å². The molecule has 1 aliphatic heterocycles. The molecule has 1 rings (SSSR count). The Labute approximate surface area is 87.6 Å². The molecule has 1 saturated heterocycles. The highest BCUT2D eigenvalue weighted by Crippen LogP contribution is 2.25. The third-order valence-electron chi connectivity index (χ3n) is 3.09. The van der Waals surface area contributed by atoms with Crippen LogP contribution in [-0.2, 0) is 4.74 Å². The van der Waals surface area contributed by atoms with Crippen molar-refractivity contribution in [2.75, 3.05) is 39.4 Å². The Morgan fingerprint density at radius 1 is 1.29 bits per heavy atom. The van der Waals surface area contributed by atoms with Crippen LogP contribution in [0.4, 0.5) is 0 Å². The molecule has 1 aliphatic rings. The topological polar surface area (TPSA) is 38.5 Å². The zero-order valence-electron chi connectivity index (χ0n) is 9.75. The van der Waals surface area contributed by atoms with Gasteiger partial charge in [0.2, 0.25) is 0 Å². The van der Waals surface area contributed by atoms with Crippen LogP contribution in [0, 0.1) is 11.3 Å². The fraction of sp³-hybridized carbons (Fsp3) is 1.00. The van der Waals surface area contributed by atoms with Crippen molar-refractivity contribution in [2.24, 2.45) is 17.1 Å². The molecule has 1 fully saturated rings. The number of nitrogens with two attached hydrogens (primary N) is 1. The maximum Gasteiger partial charge on any atom is 0.0594 e. The summed E-state index contributed by atoms with van der Waals surface area (Å²) in [5, 5.41) is 0. The molecule has 2 N–H and O–H groups in total. The van der Waals surface area contributed by atoms with Crippen molar-refractivity contribution in [1.29, 1.82) is 0 Å². The van der Waals surface area contributed by atoms with E-state index in [1.165, 1.54) is 0 Å². The monoisotopic (exact) mass is 200 g/mol. The van der Waals surface area contributed by atoms with Crippen molar-refractivity contribution in [2.45, 2.75) is 20.8 Å². The summed E-state index contributed by atoms with van der Waals surface area (Å²) >= 11 is 0. The van der Waals surface area contributed by atoms with E-state index in [-0.39, 0.29) is 0 Å². The second kappa shape index (κ2) is 5.10. The lowest BCUT2D eigenvalue weighted by molar-refractivity contribution is 0.0214. The van der Waals surface area contributed by atoms with Gasteiger partial charge in [0.05, 0.1) is 13.2 Å². The molecule has 0 amide bonds. The highest BCUT2D eigenvalue weighted by atomic mass is 16.5. The molecule has 14 heavy (non-hydrogen) atoms. The predicted molar refractivity (Wildman–Crippen MR) is 59.3 cm³/mol.